The smallest absolute Gasteiger partial charge is 0.184 e. The Balaban J connectivity index is 2.00. The summed E-state index contributed by atoms with van der Waals surface area (Å²) in [5, 5.41) is 20.9. The third-order valence-corrected chi connectivity index (χ3v) is 3.88. The van der Waals surface area contributed by atoms with Crippen molar-refractivity contribution in [1.29, 1.82) is 0 Å². The van der Waals surface area contributed by atoms with Crippen LogP contribution in [0.4, 0.5) is 10.2 Å². The molecule has 3 aromatic rings. The largest absolute Gasteiger partial charge is 0.394 e. The summed E-state index contributed by atoms with van der Waals surface area (Å²) in [6.45, 7) is 3.66. The molecule has 2 heterocycles. The molecule has 0 bridgehead atoms. The van der Waals surface area contributed by atoms with Crippen molar-refractivity contribution in [3.8, 4) is 0 Å². The Morgan fingerprint density at radius 3 is 2.83 bits per heavy atom. The fourth-order valence-electron chi connectivity index (χ4n) is 2.18. The molecule has 9 heteroatoms. The lowest BCUT2D eigenvalue weighted by molar-refractivity contribution is 0.234. The summed E-state index contributed by atoms with van der Waals surface area (Å²) in [7, 11) is 0. The second-order valence-corrected chi connectivity index (χ2v) is 6.42. The molecule has 1 aromatic carbocycles. The number of nitrogens with zero attached hydrogens (tertiary/aromatic N) is 5. The first-order valence-electron chi connectivity index (χ1n) is 7.27. The molecule has 0 aliphatic rings. The van der Waals surface area contributed by atoms with Crippen molar-refractivity contribution in [2.24, 2.45) is 0 Å². The average Bonchev–Trinajstić information content (AvgIpc) is 2.95. The molecule has 0 atom stereocenters. The number of benzene rings is 1. The number of aliphatic hydroxyl groups is 1. The molecule has 0 fully saturated rings. The Labute approximate surface area is 142 Å². The van der Waals surface area contributed by atoms with Crippen molar-refractivity contribution in [3.05, 3.63) is 40.9 Å². The normalized spacial score (nSPS) is 11.9. The molecule has 126 valence electrons. The lowest BCUT2D eigenvalue weighted by Gasteiger charge is -2.23. The maximum Gasteiger partial charge on any atom is 0.184 e. The van der Waals surface area contributed by atoms with Gasteiger partial charge in [-0.25, -0.2) is 19.0 Å². The number of halogens is 2. The van der Waals surface area contributed by atoms with Crippen molar-refractivity contribution >= 4 is 28.6 Å². The molecule has 2 aromatic heterocycles. The van der Waals surface area contributed by atoms with Gasteiger partial charge in [0.1, 0.15) is 12.1 Å². The standard InChI is InChI=1S/C15H16ClFN6O/c1-15(2,7-24)20-13-12-14(19-8-18-13)23(22-21-12)6-9-10(16)4-3-5-11(9)17/h3-5,8,24H,6-7H2,1-2H3,(H,18,19,20). The molecule has 0 spiro atoms. The zero-order valence-corrected chi connectivity index (χ0v) is 13.9. The third kappa shape index (κ3) is 3.15. The highest BCUT2D eigenvalue weighted by Gasteiger charge is 2.21. The van der Waals surface area contributed by atoms with Gasteiger partial charge in [-0.15, -0.1) is 5.10 Å². The van der Waals surface area contributed by atoms with E-state index in [2.05, 4.69) is 25.6 Å². The summed E-state index contributed by atoms with van der Waals surface area (Å²) < 4.78 is 15.4. The van der Waals surface area contributed by atoms with E-state index in [1.54, 1.807) is 12.1 Å². The summed E-state index contributed by atoms with van der Waals surface area (Å²) >= 11 is 6.06. The van der Waals surface area contributed by atoms with E-state index in [0.29, 0.717) is 27.6 Å². The number of aromatic nitrogens is 5. The topological polar surface area (TPSA) is 88.8 Å². The van der Waals surface area contributed by atoms with Crippen LogP contribution in [0.2, 0.25) is 5.02 Å². The van der Waals surface area contributed by atoms with Crippen LogP contribution in [-0.4, -0.2) is 42.2 Å². The molecule has 0 aliphatic carbocycles. The van der Waals surface area contributed by atoms with Crippen LogP contribution in [0, 0.1) is 5.82 Å². The Hall–Kier alpha value is -2.32. The zero-order chi connectivity index (χ0) is 17.3. The maximum absolute atomic E-state index is 14.0. The minimum absolute atomic E-state index is 0.0858. The summed E-state index contributed by atoms with van der Waals surface area (Å²) in [6, 6.07) is 4.50. The SMILES string of the molecule is CC(C)(CO)Nc1ncnc2c1nnn2Cc1c(F)cccc1Cl. The van der Waals surface area contributed by atoms with E-state index in [-0.39, 0.29) is 13.2 Å². The third-order valence-electron chi connectivity index (χ3n) is 3.52. The first-order valence-corrected chi connectivity index (χ1v) is 7.65. The first kappa shape index (κ1) is 16.5. The maximum atomic E-state index is 14.0. The van der Waals surface area contributed by atoms with Gasteiger partial charge >= 0.3 is 0 Å². The van der Waals surface area contributed by atoms with Crippen LogP contribution in [0.5, 0.6) is 0 Å². The number of hydrogen-bond donors (Lipinski definition) is 2. The molecule has 0 amide bonds. The van der Waals surface area contributed by atoms with Crippen molar-refractivity contribution < 1.29 is 9.50 Å². The second-order valence-electron chi connectivity index (χ2n) is 6.01. The molecule has 0 aliphatic heterocycles. The molecule has 0 saturated carbocycles. The van der Waals surface area contributed by atoms with E-state index >= 15 is 0 Å². The second kappa shape index (κ2) is 6.29. The van der Waals surface area contributed by atoms with Crippen molar-refractivity contribution in [1.82, 2.24) is 25.0 Å². The van der Waals surface area contributed by atoms with Crippen LogP contribution in [0.3, 0.4) is 0 Å². The molecule has 24 heavy (non-hydrogen) atoms. The predicted molar refractivity (Wildman–Crippen MR) is 88.4 cm³/mol. The van der Waals surface area contributed by atoms with E-state index in [9.17, 15) is 9.50 Å². The fourth-order valence-corrected chi connectivity index (χ4v) is 2.41. The van der Waals surface area contributed by atoms with Crippen molar-refractivity contribution in [3.63, 3.8) is 0 Å². The number of anilines is 1. The highest BCUT2D eigenvalue weighted by molar-refractivity contribution is 6.31. The van der Waals surface area contributed by atoms with Gasteiger partial charge in [-0.3, -0.25) is 0 Å². The number of fused-ring (bicyclic) bond motifs is 1. The minimum atomic E-state index is -0.583. The number of aliphatic hydroxyl groups excluding tert-OH is 1. The molecule has 0 unspecified atom stereocenters. The van der Waals surface area contributed by atoms with Gasteiger partial charge in [0.05, 0.1) is 18.7 Å². The fraction of sp³-hybridized carbons (Fsp3) is 0.333. The average molecular weight is 351 g/mol. The van der Waals surface area contributed by atoms with Gasteiger partial charge in [0, 0.05) is 10.6 Å². The van der Waals surface area contributed by atoms with Crippen LogP contribution < -0.4 is 5.32 Å². The van der Waals surface area contributed by atoms with E-state index in [1.807, 2.05) is 13.8 Å². The van der Waals surface area contributed by atoms with Gasteiger partial charge in [0.25, 0.3) is 0 Å². The van der Waals surface area contributed by atoms with Crippen LogP contribution in [0.15, 0.2) is 24.5 Å². The van der Waals surface area contributed by atoms with E-state index < -0.39 is 11.4 Å². The molecular weight excluding hydrogens is 335 g/mol. The van der Waals surface area contributed by atoms with Gasteiger partial charge in [0.2, 0.25) is 0 Å². The van der Waals surface area contributed by atoms with Crippen LogP contribution in [0.1, 0.15) is 19.4 Å². The molecule has 0 saturated heterocycles. The highest BCUT2D eigenvalue weighted by Crippen LogP contribution is 2.23. The summed E-state index contributed by atoms with van der Waals surface area (Å²) in [6.07, 6.45) is 1.36. The predicted octanol–water partition coefficient (Wildman–Crippen LogP) is 2.24. The summed E-state index contributed by atoms with van der Waals surface area (Å²) in [4.78, 5) is 8.32. The Kier molecular flexibility index (Phi) is 4.33. The van der Waals surface area contributed by atoms with Crippen LogP contribution in [0.25, 0.3) is 11.2 Å². The lowest BCUT2D eigenvalue weighted by Crippen LogP contribution is -2.35. The van der Waals surface area contributed by atoms with E-state index in [0.717, 1.165) is 0 Å². The molecule has 0 radical (unpaired) electrons. The molecule has 3 rings (SSSR count). The van der Waals surface area contributed by atoms with Gasteiger partial charge in [-0.05, 0) is 26.0 Å². The molecular formula is C15H16ClFN6O. The number of nitrogens with one attached hydrogen (secondary N) is 1. The van der Waals surface area contributed by atoms with Crippen molar-refractivity contribution in [2.45, 2.75) is 25.9 Å². The number of hydrogen-bond acceptors (Lipinski definition) is 6. The minimum Gasteiger partial charge on any atom is -0.394 e. The van der Waals surface area contributed by atoms with Gasteiger partial charge in [-0.2, -0.15) is 0 Å². The Bertz CT molecular complexity index is 861. The van der Waals surface area contributed by atoms with Crippen LogP contribution in [-0.2, 0) is 6.54 Å². The van der Waals surface area contributed by atoms with Gasteiger partial charge < -0.3 is 10.4 Å². The monoisotopic (exact) mass is 350 g/mol. The van der Waals surface area contributed by atoms with Crippen LogP contribution >= 0.6 is 11.6 Å². The first-order chi connectivity index (χ1) is 11.4. The quantitative estimate of drug-likeness (QED) is 0.733. The molecule has 7 nitrogen and oxygen atoms in total. The lowest BCUT2D eigenvalue weighted by atomic mass is 10.1. The summed E-state index contributed by atoms with van der Waals surface area (Å²) in [5.74, 6) is 0.0323. The Morgan fingerprint density at radius 2 is 2.12 bits per heavy atom. The van der Waals surface area contributed by atoms with Gasteiger partial charge in [-0.1, -0.05) is 22.9 Å². The zero-order valence-electron chi connectivity index (χ0n) is 13.2. The Morgan fingerprint density at radius 1 is 1.33 bits per heavy atom. The summed E-state index contributed by atoms with van der Waals surface area (Å²) in [5.41, 5.74) is 0.613. The van der Waals surface area contributed by atoms with Gasteiger partial charge in [0.15, 0.2) is 17.0 Å². The highest BCUT2D eigenvalue weighted by atomic mass is 35.5. The number of rotatable bonds is 5. The molecule has 2 N–H and O–H groups in total. The van der Waals surface area contributed by atoms with E-state index in [1.165, 1.54) is 17.1 Å². The van der Waals surface area contributed by atoms with Crippen molar-refractivity contribution in [2.75, 3.05) is 11.9 Å². The van der Waals surface area contributed by atoms with E-state index in [4.69, 9.17) is 11.6 Å².